The Morgan fingerprint density at radius 2 is 2.27 bits per heavy atom. The van der Waals surface area contributed by atoms with Crippen molar-refractivity contribution >= 4 is 23.3 Å². The van der Waals surface area contributed by atoms with E-state index in [1.807, 2.05) is 0 Å². The highest BCUT2D eigenvalue weighted by Crippen LogP contribution is 2.29. The number of hydrogen-bond donors (Lipinski definition) is 2. The Labute approximate surface area is 93.1 Å². The van der Waals surface area contributed by atoms with Crippen LogP contribution in [0.5, 0.6) is 0 Å². The molecule has 0 aliphatic heterocycles. The maximum atomic E-state index is 10.8. The highest BCUT2D eigenvalue weighted by Gasteiger charge is 2.20. The van der Waals surface area contributed by atoms with E-state index in [0.29, 0.717) is 0 Å². The van der Waals surface area contributed by atoms with Crippen LogP contribution in [-0.4, -0.2) is 17.6 Å². The summed E-state index contributed by atoms with van der Waals surface area (Å²) in [5.41, 5.74) is 0.973. The molecule has 0 amide bonds. The molecule has 2 N–H and O–H groups in total. The molecule has 1 aliphatic rings. The lowest BCUT2D eigenvalue weighted by Crippen LogP contribution is -2.05. The van der Waals surface area contributed by atoms with Crippen molar-refractivity contribution in [1.29, 1.82) is 0 Å². The summed E-state index contributed by atoms with van der Waals surface area (Å²) in [6.45, 7) is 0.917. The lowest BCUT2D eigenvalue weighted by Gasteiger charge is -2.07. The zero-order valence-electron chi connectivity index (χ0n) is 8.16. The summed E-state index contributed by atoms with van der Waals surface area (Å²) >= 11 is 5.76. The van der Waals surface area contributed by atoms with Gasteiger partial charge in [-0.3, -0.25) is 0 Å². The van der Waals surface area contributed by atoms with Gasteiger partial charge >= 0.3 is 5.97 Å². The number of nitrogens with one attached hydrogen (secondary N) is 1. The van der Waals surface area contributed by atoms with Crippen molar-refractivity contribution in [3.05, 3.63) is 28.8 Å². The number of halogens is 1. The van der Waals surface area contributed by atoms with Crippen LogP contribution in [0.15, 0.2) is 18.2 Å². The van der Waals surface area contributed by atoms with Gasteiger partial charge in [0.25, 0.3) is 0 Å². The molecule has 0 heterocycles. The van der Waals surface area contributed by atoms with Gasteiger partial charge in [-0.25, -0.2) is 4.79 Å². The molecule has 1 aromatic rings. The summed E-state index contributed by atoms with van der Waals surface area (Å²) < 4.78 is 0. The monoisotopic (exact) mass is 225 g/mol. The number of anilines is 1. The summed E-state index contributed by atoms with van der Waals surface area (Å²) in [5, 5.41) is 12.4. The van der Waals surface area contributed by atoms with E-state index in [9.17, 15) is 4.79 Å². The van der Waals surface area contributed by atoms with Crippen molar-refractivity contribution in [2.45, 2.75) is 12.8 Å². The third-order valence-electron chi connectivity index (χ3n) is 2.49. The molecular formula is C11H12ClNO2. The molecule has 2 rings (SSSR count). The van der Waals surface area contributed by atoms with Gasteiger partial charge in [-0.1, -0.05) is 11.6 Å². The summed E-state index contributed by atoms with van der Waals surface area (Å²) in [6.07, 6.45) is 2.54. The average Bonchev–Trinajstić information content (AvgIpc) is 3.00. The highest BCUT2D eigenvalue weighted by molar-refractivity contribution is 6.33. The maximum absolute atomic E-state index is 10.8. The van der Waals surface area contributed by atoms with Gasteiger partial charge in [-0.2, -0.15) is 0 Å². The van der Waals surface area contributed by atoms with Crippen LogP contribution in [0.25, 0.3) is 0 Å². The van der Waals surface area contributed by atoms with Gasteiger partial charge in [0.15, 0.2) is 0 Å². The zero-order valence-corrected chi connectivity index (χ0v) is 8.92. The van der Waals surface area contributed by atoms with Crippen molar-refractivity contribution in [3.8, 4) is 0 Å². The number of hydrogen-bond acceptors (Lipinski definition) is 2. The first-order chi connectivity index (χ1) is 7.16. The van der Waals surface area contributed by atoms with E-state index in [1.165, 1.54) is 12.8 Å². The second-order valence-corrected chi connectivity index (χ2v) is 4.23. The van der Waals surface area contributed by atoms with E-state index in [1.54, 1.807) is 18.2 Å². The van der Waals surface area contributed by atoms with E-state index in [2.05, 4.69) is 5.32 Å². The van der Waals surface area contributed by atoms with Gasteiger partial charge in [0.1, 0.15) is 0 Å². The fourth-order valence-electron chi connectivity index (χ4n) is 1.38. The normalized spacial score (nSPS) is 15.0. The van der Waals surface area contributed by atoms with Crippen molar-refractivity contribution < 1.29 is 9.90 Å². The summed E-state index contributed by atoms with van der Waals surface area (Å²) in [7, 11) is 0. The Morgan fingerprint density at radius 3 is 2.87 bits per heavy atom. The minimum atomic E-state index is -0.991. The van der Waals surface area contributed by atoms with Crippen LogP contribution in [0.2, 0.25) is 5.02 Å². The van der Waals surface area contributed by atoms with Gasteiger partial charge in [0.05, 0.1) is 10.6 Å². The lowest BCUT2D eigenvalue weighted by molar-refractivity contribution is 0.0697. The van der Waals surface area contributed by atoms with Crippen molar-refractivity contribution in [2.75, 3.05) is 11.9 Å². The molecule has 0 radical (unpaired) electrons. The average molecular weight is 226 g/mol. The van der Waals surface area contributed by atoms with Crippen molar-refractivity contribution in [3.63, 3.8) is 0 Å². The topological polar surface area (TPSA) is 49.3 Å². The first-order valence-electron chi connectivity index (χ1n) is 4.93. The van der Waals surface area contributed by atoms with Gasteiger partial charge in [-0.05, 0) is 37.0 Å². The van der Waals surface area contributed by atoms with Gasteiger partial charge in [0, 0.05) is 12.2 Å². The van der Waals surface area contributed by atoms with Gasteiger partial charge in [-0.15, -0.1) is 0 Å². The van der Waals surface area contributed by atoms with Crippen LogP contribution in [0.3, 0.4) is 0 Å². The smallest absolute Gasteiger partial charge is 0.337 e. The minimum absolute atomic E-state index is 0.150. The standard InChI is InChI=1S/C11H12ClNO2/c12-10-4-3-8(5-9(10)11(14)15)13-6-7-1-2-7/h3-5,7,13H,1-2,6H2,(H,14,15). The van der Waals surface area contributed by atoms with E-state index in [4.69, 9.17) is 16.7 Å². The van der Waals surface area contributed by atoms with E-state index in [-0.39, 0.29) is 10.6 Å². The Morgan fingerprint density at radius 1 is 1.53 bits per heavy atom. The van der Waals surface area contributed by atoms with Crippen LogP contribution in [0.4, 0.5) is 5.69 Å². The number of carboxylic acids is 1. The second kappa shape index (κ2) is 4.11. The van der Waals surface area contributed by atoms with Crippen molar-refractivity contribution in [1.82, 2.24) is 0 Å². The molecular weight excluding hydrogens is 214 g/mol. The molecule has 1 aromatic carbocycles. The fraction of sp³-hybridized carbons (Fsp3) is 0.364. The molecule has 1 aliphatic carbocycles. The van der Waals surface area contributed by atoms with Crippen LogP contribution >= 0.6 is 11.6 Å². The SMILES string of the molecule is O=C(O)c1cc(NCC2CC2)ccc1Cl. The summed E-state index contributed by atoms with van der Waals surface area (Å²) in [4.78, 5) is 10.8. The van der Waals surface area contributed by atoms with Crippen LogP contribution in [0, 0.1) is 5.92 Å². The third kappa shape index (κ3) is 2.63. The van der Waals surface area contributed by atoms with Crippen LogP contribution < -0.4 is 5.32 Å². The van der Waals surface area contributed by atoms with Gasteiger partial charge in [0.2, 0.25) is 0 Å². The molecule has 15 heavy (non-hydrogen) atoms. The first kappa shape index (κ1) is 10.3. The fourth-order valence-corrected chi connectivity index (χ4v) is 1.58. The Balaban J connectivity index is 2.10. The minimum Gasteiger partial charge on any atom is -0.478 e. The highest BCUT2D eigenvalue weighted by atomic mass is 35.5. The molecule has 3 nitrogen and oxygen atoms in total. The van der Waals surface area contributed by atoms with Crippen LogP contribution in [-0.2, 0) is 0 Å². The van der Waals surface area contributed by atoms with Crippen LogP contribution in [0.1, 0.15) is 23.2 Å². The molecule has 0 unspecified atom stereocenters. The molecule has 0 bridgehead atoms. The molecule has 0 atom stereocenters. The number of benzene rings is 1. The van der Waals surface area contributed by atoms with E-state index in [0.717, 1.165) is 18.2 Å². The van der Waals surface area contributed by atoms with Gasteiger partial charge < -0.3 is 10.4 Å². The molecule has 4 heteroatoms. The number of carboxylic acid groups (broad SMARTS) is 1. The molecule has 0 aromatic heterocycles. The summed E-state index contributed by atoms with van der Waals surface area (Å²) in [5.74, 6) is -0.232. The molecule has 1 fully saturated rings. The number of rotatable bonds is 4. The van der Waals surface area contributed by atoms with Crippen molar-refractivity contribution in [2.24, 2.45) is 5.92 Å². The predicted octanol–water partition coefficient (Wildman–Crippen LogP) is 2.86. The maximum Gasteiger partial charge on any atom is 0.337 e. The van der Waals surface area contributed by atoms with E-state index < -0.39 is 5.97 Å². The largest absolute Gasteiger partial charge is 0.478 e. The Hall–Kier alpha value is -1.22. The predicted molar refractivity (Wildman–Crippen MR) is 59.6 cm³/mol. The quantitative estimate of drug-likeness (QED) is 0.829. The summed E-state index contributed by atoms with van der Waals surface area (Å²) in [6, 6.07) is 4.99. The molecule has 80 valence electrons. The zero-order chi connectivity index (χ0) is 10.8. The van der Waals surface area contributed by atoms with E-state index >= 15 is 0 Å². The number of carbonyl (C=O) groups is 1. The number of aromatic carboxylic acids is 1. The molecule has 0 spiro atoms. The molecule has 0 saturated heterocycles. The third-order valence-corrected chi connectivity index (χ3v) is 2.82. The lowest BCUT2D eigenvalue weighted by atomic mass is 10.2. The molecule has 1 saturated carbocycles. The second-order valence-electron chi connectivity index (χ2n) is 3.82. The first-order valence-corrected chi connectivity index (χ1v) is 5.31. The Kier molecular flexibility index (Phi) is 2.82. The Bertz CT molecular complexity index is 388.